The number of benzene rings is 1. The van der Waals surface area contributed by atoms with E-state index >= 15 is 0 Å². The fourth-order valence-corrected chi connectivity index (χ4v) is 3.42. The summed E-state index contributed by atoms with van der Waals surface area (Å²) in [5, 5.41) is 0. The van der Waals surface area contributed by atoms with Gasteiger partial charge in [0.15, 0.2) is 0 Å². The van der Waals surface area contributed by atoms with Crippen molar-refractivity contribution in [3.05, 3.63) is 35.6 Å². The first kappa shape index (κ1) is 11.5. The smallest absolute Gasteiger partial charge is 0.212 e. The van der Waals surface area contributed by atoms with Crippen LogP contribution >= 0.6 is 0 Å². The number of hydrogen-bond donors (Lipinski definition) is 0. The van der Waals surface area contributed by atoms with Gasteiger partial charge >= 0.3 is 0 Å². The maximum Gasteiger partial charge on any atom is 0.214 e. The molecule has 1 aliphatic rings. The van der Waals surface area contributed by atoms with E-state index in [2.05, 4.69) is 0 Å². The molecule has 0 spiro atoms. The lowest BCUT2D eigenvalue weighted by Gasteiger charge is -2.14. The summed E-state index contributed by atoms with van der Waals surface area (Å²) >= 11 is 0. The Bertz CT molecular complexity index is 473. The van der Waals surface area contributed by atoms with Gasteiger partial charge in [-0.2, -0.15) is 0 Å². The molecule has 1 saturated heterocycles. The summed E-state index contributed by atoms with van der Waals surface area (Å²) in [5.74, 6) is -0.0383. The predicted octanol–water partition coefficient (Wildman–Crippen LogP) is 1.40. The molecule has 0 aliphatic carbocycles. The minimum Gasteiger partial charge on any atom is -0.212 e. The van der Waals surface area contributed by atoms with Crippen LogP contribution in [0.5, 0.6) is 0 Å². The SMILES string of the molecule is O=S1(=O)CCCN1CCc1ccccc1F. The molecule has 2 rings (SSSR count). The molecule has 0 unspecified atom stereocenters. The van der Waals surface area contributed by atoms with Crippen molar-refractivity contribution in [3.63, 3.8) is 0 Å². The summed E-state index contributed by atoms with van der Waals surface area (Å²) in [6.45, 7) is 0.944. The highest BCUT2D eigenvalue weighted by Crippen LogP contribution is 2.15. The van der Waals surface area contributed by atoms with Crippen molar-refractivity contribution in [2.24, 2.45) is 0 Å². The number of halogens is 1. The number of hydrogen-bond acceptors (Lipinski definition) is 2. The maximum atomic E-state index is 13.3. The zero-order chi connectivity index (χ0) is 11.6. The number of sulfonamides is 1. The van der Waals surface area contributed by atoms with Crippen molar-refractivity contribution in [2.75, 3.05) is 18.8 Å². The van der Waals surface area contributed by atoms with Gasteiger partial charge in [-0.25, -0.2) is 17.1 Å². The molecule has 1 aromatic rings. The second kappa shape index (κ2) is 4.51. The zero-order valence-electron chi connectivity index (χ0n) is 8.89. The average molecular weight is 243 g/mol. The minimum absolute atomic E-state index is 0.226. The second-order valence-electron chi connectivity index (χ2n) is 3.91. The topological polar surface area (TPSA) is 37.4 Å². The molecule has 3 nitrogen and oxygen atoms in total. The van der Waals surface area contributed by atoms with Gasteiger partial charge in [0.05, 0.1) is 5.75 Å². The lowest BCUT2D eigenvalue weighted by molar-refractivity contribution is 0.443. The molecule has 0 N–H and O–H groups in total. The zero-order valence-corrected chi connectivity index (χ0v) is 9.71. The molecule has 1 heterocycles. The Morgan fingerprint density at radius 2 is 2.06 bits per heavy atom. The standard InChI is InChI=1S/C11H14FNO2S/c12-11-5-2-1-4-10(11)6-8-13-7-3-9-16(13,14)15/h1-2,4-5H,3,6-9H2. The Labute approximate surface area is 94.9 Å². The van der Waals surface area contributed by atoms with Gasteiger partial charge in [-0.3, -0.25) is 0 Å². The fourth-order valence-electron chi connectivity index (χ4n) is 1.89. The van der Waals surface area contributed by atoms with Gasteiger partial charge in [-0.15, -0.1) is 0 Å². The third-order valence-electron chi connectivity index (χ3n) is 2.79. The van der Waals surface area contributed by atoms with Crippen LogP contribution in [-0.4, -0.2) is 31.6 Å². The van der Waals surface area contributed by atoms with Crippen LogP contribution < -0.4 is 0 Å². The number of rotatable bonds is 3. The van der Waals surface area contributed by atoms with E-state index in [1.165, 1.54) is 10.4 Å². The van der Waals surface area contributed by atoms with Crippen molar-refractivity contribution < 1.29 is 12.8 Å². The van der Waals surface area contributed by atoms with Crippen LogP contribution in [0.15, 0.2) is 24.3 Å². The fraction of sp³-hybridized carbons (Fsp3) is 0.455. The Balaban J connectivity index is 2.01. The largest absolute Gasteiger partial charge is 0.214 e. The lowest BCUT2D eigenvalue weighted by atomic mass is 10.1. The molecule has 0 amide bonds. The van der Waals surface area contributed by atoms with E-state index in [-0.39, 0.29) is 11.6 Å². The molecule has 1 fully saturated rings. The highest BCUT2D eigenvalue weighted by atomic mass is 32.2. The first-order chi connectivity index (χ1) is 7.59. The first-order valence-corrected chi connectivity index (χ1v) is 6.92. The minimum atomic E-state index is -3.06. The molecule has 5 heteroatoms. The summed E-state index contributed by atoms with van der Waals surface area (Å²) < 4.78 is 37.7. The van der Waals surface area contributed by atoms with Crippen molar-refractivity contribution in [1.82, 2.24) is 4.31 Å². The lowest BCUT2D eigenvalue weighted by Crippen LogP contribution is -2.28. The van der Waals surface area contributed by atoms with Gasteiger partial charge in [0.2, 0.25) is 10.0 Å². The van der Waals surface area contributed by atoms with Crippen molar-refractivity contribution in [3.8, 4) is 0 Å². The van der Waals surface area contributed by atoms with E-state index in [0.717, 1.165) is 0 Å². The average Bonchev–Trinajstić information content (AvgIpc) is 2.57. The molecule has 88 valence electrons. The van der Waals surface area contributed by atoms with Crippen LogP contribution in [0.1, 0.15) is 12.0 Å². The summed E-state index contributed by atoms with van der Waals surface area (Å²) in [6, 6.07) is 6.48. The third kappa shape index (κ3) is 2.41. The third-order valence-corrected chi connectivity index (χ3v) is 4.75. The molecule has 0 radical (unpaired) electrons. The molecular formula is C11H14FNO2S. The van der Waals surface area contributed by atoms with Crippen LogP contribution in [0.4, 0.5) is 4.39 Å². The molecule has 0 atom stereocenters. The Morgan fingerprint density at radius 1 is 1.31 bits per heavy atom. The van der Waals surface area contributed by atoms with Crippen LogP contribution in [0.25, 0.3) is 0 Å². The Hall–Kier alpha value is -0.940. The molecule has 0 aromatic heterocycles. The quantitative estimate of drug-likeness (QED) is 0.805. The van der Waals surface area contributed by atoms with Gasteiger partial charge in [0.25, 0.3) is 0 Å². The molecule has 16 heavy (non-hydrogen) atoms. The van der Waals surface area contributed by atoms with Crippen molar-refractivity contribution in [1.29, 1.82) is 0 Å². The Morgan fingerprint density at radius 3 is 2.69 bits per heavy atom. The van der Waals surface area contributed by atoms with E-state index in [4.69, 9.17) is 0 Å². The van der Waals surface area contributed by atoms with Crippen molar-refractivity contribution >= 4 is 10.0 Å². The molecular weight excluding hydrogens is 229 g/mol. The van der Waals surface area contributed by atoms with Gasteiger partial charge in [0, 0.05) is 13.1 Å². The van der Waals surface area contributed by atoms with E-state index < -0.39 is 10.0 Å². The van der Waals surface area contributed by atoms with Gasteiger partial charge < -0.3 is 0 Å². The van der Waals surface area contributed by atoms with Gasteiger partial charge in [-0.1, -0.05) is 18.2 Å². The van der Waals surface area contributed by atoms with Crippen LogP contribution in [-0.2, 0) is 16.4 Å². The van der Waals surface area contributed by atoms with Crippen LogP contribution in [0.3, 0.4) is 0 Å². The molecule has 1 aliphatic heterocycles. The van der Waals surface area contributed by atoms with Gasteiger partial charge in [0.1, 0.15) is 5.82 Å². The Kier molecular flexibility index (Phi) is 3.25. The monoisotopic (exact) mass is 243 g/mol. The summed E-state index contributed by atoms with van der Waals surface area (Å²) in [5.41, 5.74) is 0.574. The predicted molar refractivity (Wildman–Crippen MR) is 60.1 cm³/mol. The summed E-state index contributed by atoms with van der Waals surface area (Å²) in [7, 11) is -3.06. The highest BCUT2D eigenvalue weighted by molar-refractivity contribution is 7.89. The van der Waals surface area contributed by atoms with E-state index in [1.807, 2.05) is 0 Å². The molecule has 0 saturated carbocycles. The molecule has 1 aromatic carbocycles. The maximum absolute atomic E-state index is 13.3. The first-order valence-electron chi connectivity index (χ1n) is 5.31. The highest BCUT2D eigenvalue weighted by Gasteiger charge is 2.27. The van der Waals surface area contributed by atoms with Gasteiger partial charge in [-0.05, 0) is 24.5 Å². The number of nitrogens with zero attached hydrogens (tertiary/aromatic N) is 1. The summed E-state index contributed by atoms with van der Waals surface area (Å²) in [4.78, 5) is 0. The normalized spacial score (nSPS) is 20.1. The van der Waals surface area contributed by atoms with E-state index in [9.17, 15) is 12.8 Å². The summed E-state index contributed by atoms with van der Waals surface area (Å²) in [6.07, 6.45) is 1.12. The second-order valence-corrected chi connectivity index (χ2v) is 6.00. The van der Waals surface area contributed by atoms with Crippen LogP contribution in [0.2, 0.25) is 0 Å². The van der Waals surface area contributed by atoms with E-state index in [1.54, 1.807) is 18.2 Å². The molecule has 0 bridgehead atoms. The van der Waals surface area contributed by atoms with Crippen molar-refractivity contribution in [2.45, 2.75) is 12.8 Å². The van der Waals surface area contributed by atoms with E-state index in [0.29, 0.717) is 31.5 Å². The van der Waals surface area contributed by atoms with Crippen LogP contribution in [0, 0.1) is 5.82 Å².